The van der Waals surface area contributed by atoms with Crippen LogP contribution in [0.1, 0.15) is 13.8 Å². The van der Waals surface area contributed by atoms with Crippen molar-refractivity contribution in [1.29, 1.82) is 0 Å². The van der Waals surface area contributed by atoms with Crippen molar-refractivity contribution in [3.05, 3.63) is 34.6 Å². The van der Waals surface area contributed by atoms with Crippen LogP contribution < -0.4 is 10.5 Å². The number of H-pyrrole nitrogens is 1. The maximum Gasteiger partial charge on any atom is 0.272 e. The number of rotatable bonds is 3. The zero-order valence-corrected chi connectivity index (χ0v) is 9.53. The van der Waals surface area contributed by atoms with Gasteiger partial charge in [0.25, 0.3) is 5.56 Å². The van der Waals surface area contributed by atoms with E-state index in [0.717, 1.165) is 24.3 Å². The Morgan fingerprint density at radius 1 is 1.19 bits per heavy atom. The van der Waals surface area contributed by atoms with E-state index in [-0.39, 0.29) is 5.56 Å². The summed E-state index contributed by atoms with van der Waals surface area (Å²) in [5.41, 5.74) is -0.133. The number of hydrogen-bond donors (Lipinski definition) is 1. The SMILES string of the molecule is CCN(CC)c1n[nH]c(=O)c2ccccc12. The molecular weight excluding hydrogens is 202 g/mol. The standard InChI is InChI=1S/C12H15N3O/c1-3-15(4-2)11-9-7-5-6-8-10(9)12(16)14-13-11/h5-8H,3-4H2,1-2H3,(H,14,16). The largest absolute Gasteiger partial charge is 0.355 e. The molecular formula is C12H15N3O. The molecule has 0 saturated heterocycles. The summed E-state index contributed by atoms with van der Waals surface area (Å²) in [5.74, 6) is 0.847. The zero-order chi connectivity index (χ0) is 11.5. The molecule has 0 spiro atoms. The van der Waals surface area contributed by atoms with E-state index in [1.807, 2.05) is 24.3 Å². The summed E-state index contributed by atoms with van der Waals surface area (Å²) >= 11 is 0. The van der Waals surface area contributed by atoms with Crippen LogP contribution in [0.3, 0.4) is 0 Å². The Hall–Kier alpha value is -1.84. The molecule has 1 N–H and O–H groups in total. The van der Waals surface area contributed by atoms with Crippen LogP contribution >= 0.6 is 0 Å². The highest BCUT2D eigenvalue weighted by Gasteiger charge is 2.10. The summed E-state index contributed by atoms with van der Waals surface area (Å²) in [6.45, 7) is 5.90. The van der Waals surface area contributed by atoms with Crippen LogP contribution in [0.5, 0.6) is 0 Å². The molecule has 0 fully saturated rings. The van der Waals surface area contributed by atoms with Crippen molar-refractivity contribution in [1.82, 2.24) is 10.2 Å². The van der Waals surface area contributed by atoms with Crippen molar-refractivity contribution in [3.63, 3.8) is 0 Å². The Kier molecular flexibility index (Phi) is 2.90. The Morgan fingerprint density at radius 3 is 2.44 bits per heavy atom. The first kappa shape index (κ1) is 10.7. The van der Waals surface area contributed by atoms with Gasteiger partial charge in [-0.3, -0.25) is 4.79 Å². The maximum atomic E-state index is 11.6. The molecule has 4 heteroatoms. The fourth-order valence-electron chi connectivity index (χ4n) is 1.86. The molecule has 0 aliphatic carbocycles. The summed E-state index contributed by atoms with van der Waals surface area (Å²) in [6.07, 6.45) is 0. The molecule has 1 aromatic heterocycles. The lowest BCUT2D eigenvalue weighted by Crippen LogP contribution is -2.25. The van der Waals surface area contributed by atoms with Gasteiger partial charge in [0.05, 0.1) is 5.39 Å². The molecule has 84 valence electrons. The number of aromatic amines is 1. The third kappa shape index (κ3) is 1.66. The lowest BCUT2D eigenvalue weighted by atomic mass is 10.2. The van der Waals surface area contributed by atoms with E-state index in [1.54, 1.807) is 0 Å². The highest BCUT2D eigenvalue weighted by Crippen LogP contribution is 2.20. The summed E-state index contributed by atoms with van der Waals surface area (Å²) in [4.78, 5) is 13.7. The van der Waals surface area contributed by atoms with Gasteiger partial charge in [0.1, 0.15) is 0 Å². The van der Waals surface area contributed by atoms with Gasteiger partial charge in [-0.2, -0.15) is 5.10 Å². The molecule has 0 radical (unpaired) electrons. The second-order valence-corrected chi connectivity index (χ2v) is 3.59. The van der Waals surface area contributed by atoms with E-state index in [1.165, 1.54) is 0 Å². The number of hydrogen-bond acceptors (Lipinski definition) is 3. The lowest BCUT2D eigenvalue weighted by Gasteiger charge is -2.20. The second-order valence-electron chi connectivity index (χ2n) is 3.59. The van der Waals surface area contributed by atoms with Crippen molar-refractivity contribution in [2.75, 3.05) is 18.0 Å². The van der Waals surface area contributed by atoms with Crippen LogP contribution in [0.2, 0.25) is 0 Å². The van der Waals surface area contributed by atoms with Crippen molar-refractivity contribution in [2.45, 2.75) is 13.8 Å². The minimum absolute atomic E-state index is 0.133. The topological polar surface area (TPSA) is 49.0 Å². The van der Waals surface area contributed by atoms with Crippen molar-refractivity contribution in [2.24, 2.45) is 0 Å². The Balaban J connectivity index is 2.71. The number of nitrogens with one attached hydrogen (secondary N) is 1. The van der Waals surface area contributed by atoms with E-state index in [0.29, 0.717) is 5.39 Å². The molecule has 0 unspecified atom stereocenters. The van der Waals surface area contributed by atoms with Gasteiger partial charge in [0.15, 0.2) is 5.82 Å². The van der Waals surface area contributed by atoms with Gasteiger partial charge in [0, 0.05) is 18.5 Å². The highest BCUT2D eigenvalue weighted by atomic mass is 16.1. The maximum absolute atomic E-state index is 11.6. The van der Waals surface area contributed by atoms with Crippen LogP contribution in [0.25, 0.3) is 10.8 Å². The van der Waals surface area contributed by atoms with Crippen LogP contribution in [0, 0.1) is 0 Å². The van der Waals surface area contributed by atoms with Crippen LogP contribution in [-0.2, 0) is 0 Å². The number of nitrogens with zero attached hydrogens (tertiary/aromatic N) is 2. The molecule has 0 saturated carbocycles. The first-order valence-corrected chi connectivity index (χ1v) is 5.50. The quantitative estimate of drug-likeness (QED) is 0.852. The number of anilines is 1. The zero-order valence-electron chi connectivity index (χ0n) is 9.53. The summed E-state index contributed by atoms with van der Waals surface area (Å²) in [7, 11) is 0. The molecule has 0 amide bonds. The Bertz CT molecular complexity index is 543. The average molecular weight is 217 g/mol. The molecule has 0 bridgehead atoms. The fourth-order valence-corrected chi connectivity index (χ4v) is 1.86. The van der Waals surface area contributed by atoms with Crippen molar-refractivity contribution < 1.29 is 0 Å². The third-order valence-corrected chi connectivity index (χ3v) is 2.74. The molecule has 1 heterocycles. The van der Waals surface area contributed by atoms with E-state index in [4.69, 9.17) is 0 Å². The van der Waals surface area contributed by atoms with Gasteiger partial charge >= 0.3 is 0 Å². The first-order chi connectivity index (χ1) is 7.77. The fraction of sp³-hybridized carbons (Fsp3) is 0.333. The molecule has 0 aliphatic heterocycles. The molecule has 2 aromatic rings. The molecule has 4 nitrogen and oxygen atoms in total. The summed E-state index contributed by atoms with van der Waals surface area (Å²) in [6, 6.07) is 7.55. The molecule has 2 rings (SSSR count). The average Bonchev–Trinajstić information content (AvgIpc) is 2.34. The van der Waals surface area contributed by atoms with Crippen molar-refractivity contribution in [3.8, 4) is 0 Å². The predicted molar refractivity (Wildman–Crippen MR) is 65.9 cm³/mol. The normalized spacial score (nSPS) is 10.6. The molecule has 1 aromatic carbocycles. The van der Waals surface area contributed by atoms with Crippen LogP contribution in [0.4, 0.5) is 5.82 Å². The van der Waals surface area contributed by atoms with Crippen molar-refractivity contribution >= 4 is 16.6 Å². The van der Waals surface area contributed by atoms with Gasteiger partial charge in [-0.1, -0.05) is 18.2 Å². The van der Waals surface area contributed by atoms with E-state index < -0.39 is 0 Å². The second kappa shape index (κ2) is 4.35. The van der Waals surface area contributed by atoms with E-state index in [2.05, 4.69) is 28.9 Å². The van der Waals surface area contributed by atoms with Gasteiger partial charge in [0.2, 0.25) is 0 Å². The van der Waals surface area contributed by atoms with Gasteiger partial charge in [-0.15, -0.1) is 0 Å². The minimum atomic E-state index is -0.133. The Morgan fingerprint density at radius 2 is 1.81 bits per heavy atom. The van der Waals surface area contributed by atoms with Gasteiger partial charge in [-0.25, -0.2) is 5.10 Å². The van der Waals surface area contributed by atoms with E-state index in [9.17, 15) is 4.79 Å². The molecule has 0 atom stereocenters. The molecule has 0 aliphatic rings. The smallest absolute Gasteiger partial charge is 0.272 e. The highest BCUT2D eigenvalue weighted by molar-refractivity contribution is 5.91. The number of benzene rings is 1. The van der Waals surface area contributed by atoms with Gasteiger partial charge in [-0.05, 0) is 19.9 Å². The minimum Gasteiger partial charge on any atom is -0.355 e. The molecule has 16 heavy (non-hydrogen) atoms. The van der Waals surface area contributed by atoms with Crippen LogP contribution in [0.15, 0.2) is 29.1 Å². The number of fused-ring (bicyclic) bond motifs is 1. The number of aromatic nitrogens is 2. The summed E-state index contributed by atoms with van der Waals surface area (Å²) in [5, 5.41) is 8.29. The lowest BCUT2D eigenvalue weighted by molar-refractivity contribution is 0.828. The predicted octanol–water partition coefficient (Wildman–Crippen LogP) is 1.77. The van der Waals surface area contributed by atoms with Gasteiger partial charge < -0.3 is 4.90 Å². The third-order valence-electron chi connectivity index (χ3n) is 2.74. The summed E-state index contributed by atoms with van der Waals surface area (Å²) < 4.78 is 0. The van der Waals surface area contributed by atoms with E-state index >= 15 is 0 Å². The Labute approximate surface area is 93.9 Å². The first-order valence-electron chi connectivity index (χ1n) is 5.50. The van der Waals surface area contributed by atoms with Crippen LogP contribution in [-0.4, -0.2) is 23.3 Å². The monoisotopic (exact) mass is 217 g/mol.